The molecular weight excluding hydrogens is 407 g/mol. The third-order valence-corrected chi connectivity index (χ3v) is 3.99. The van der Waals surface area contributed by atoms with Gasteiger partial charge in [0, 0.05) is 30.3 Å². The number of carbonyl (C=O) groups is 2. The number of hydrogen-bond acceptors (Lipinski definition) is 3. The number of nitrogens with one attached hydrogen (secondary N) is 2. The van der Waals surface area contributed by atoms with Gasteiger partial charge in [0.2, 0.25) is 5.91 Å². The molecule has 158 valence electrons. The van der Waals surface area contributed by atoms with Gasteiger partial charge in [-0.05, 0) is 55.3 Å². The van der Waals surface area contributed by atoms with Crippen molar-refractivity contribution in [2.75, 3.05) is 5.32 Å². The van der Waals surface area contributed by atoms with Crippen molar-refractivity contribution >= 4 is 29.9 Å². The van der Waals surface area contributed by atoms with Gasteiger partial charge in [0.05, 0.1) is 5.56 Å². The summed E-state index contributed by atoms with van der Waals surface area (Å²) in [7, 11) is 0. The molecule has 9 heteroatoms. The van der Waals surface area contributed by atoms with Crippen molar-refractivity contribution in [3.8, 4) is 0 Å². The second-order valence-corrected chi connectivity index (χ2v) is 6.52. The van der Waals surface area contributed by atoms with Crippen LogP contribution in [0.25, 0.3) is 0 Å². The third kappa shape index (κ3) is 8.13. The topological polar surface area (TPSA) is 84.2 Å². The third-order valence-electron chi connectivity index (χ3n) is 3.99. The van der Waals surface area contributed by atoms with Gasteiger partial charge in [-0.2, -0.15) is 13.2 Å². The fraction of sp³-hybridized carbons (Fsp3) is 0.300. The van der Waals surface area contributed by atoms with Crippen LogP contribution in [0.1, 0.15) is 41.3 Å². The minimum Gasteiger partial charge on any atom is -0.348 e. The van der Waals surface area contributed by atoms with Gasteiger partial charge in [0.1, 0.15) is 0 Å². The molecule has 5 nitrogen and oxygen atoms in total. The Morgan fingerprint density at radius 2 is 1.62 bits per heavy atom. The van der Waals surface area contributed by atoms with Crippen LogP contribution in [-0.2, 0) is 17.5 Å². The number of benzene rings is 2. The molecule has 0 saturated carbocycles. The second kappa shape index (κ2) is 10.8. The first-order chi connectivity index (χ1) is 13.1. The van der Waals surface area contributed by atoms with E-state index in [0.29, 0.717) is 18.5 Å². The van der Waals surface area contributed by atoms with E-state index in [1.165, 1.54) is 0 Å². The van der Waals surface area contributed by atoms with E-state index < -0.39 is 17.6 Å². The minimum atomic E-state index is -4.44. The molecule has 0 radical (unpaired) electrons. The maximum Gasteiger partial charge on any atom is 0.416 e. The highest BCUT2D eigenvalue weighted by molar-refractivity contribution is 5.94. The Morgan fingerprint density at radius 3 is 2.14 bits per heavy atom. The van der Waals surface area contributed by atoms with Gasteiger partial charge in [0.25, 0.3) is 5.91 Å². The Kier molecular flexibility index (Phi) is 9.13. The molecule has 0 aliphatic heterocycles. The molecule has 2 aromatic rings. The van der Waals surface area contributed by atoms with Crippen LogP contribution in [0.5, 0.6) is 0 Å². The minimum absolute atomic E-state index is 0. The quantitative estimate of drug-likeness (QED) is 0.619. The zero-order chi connectivity index (χ0) is 20.7. The summed E-state index contributed by atoms with van der Waals surface area (Å²) < 4.78 is 37.6. The predicted molar refractivity (Wildman–Crippen MR) is 108 cm³/mol. The number of halogens is 4. The molecule has 0 bridgehead atoms. The molecule has 0 aliphatic carbocycles. The maximum atomic E-state index is 12.5. The van der Waals surface area contributed by atoms with Crippen molar-refractivity contribution < 1.29 is 22.8 Å². The lowest BCUT2D eigenvalue weighted by atomic mass is 10.1. The van der Waals surface area contributed by atoms with E-state index in [2.05, 4.69) is 10.6 Å². The zero-order valence-corrected chi connectivity index (χ0v) is 16.6. The molecule has 4 N–H and O–H groups in total. The zero-order valence-electron chi connectivity index (χ0n) is 15.8. The molecule has 0 spiro atoms. The van der Waals surface area contributed by atoms with Crippen LogP contribution in [-0.4, -0.2) is 17.9 Å². The van der Waals surface area contributed by atoms with E-state index in [4.69, 9.17) is 5.73 Å². The van der Waals surface area contributed by atoms with Crippen LogP contribution in [0.3, 0.4) is 0 Å². The summed E-state index contributed by atoms with van der Waals surface area (Å²) in [6.45, 7) is 2.04. The number of amides is 2. The number of rotatable bonds is 7. The number of anilines is 1. The van der Waals surface area contributed by atoms with Crippen LogP contribution in [0.15, 0.2) is 48.5 Å². The standard InChI is InChI=1S/C20H22F3N3O2.ClH/c1-13(24)2-11-18(27)26-17-9-3-14(4-10-17)12-25-19(28)15-5-7-16(8-6-15)20(21,22)23;/h3-10,13H,2,11-12,24H2,1H3,(H,25,28)(H,26,27);1H. The fourth-order valence-electron chi connectivity index (χ4n) is 2.38. The number of alkyl halides is 3. The molecule has 29 heavy (non-hydrogen) atoms. The SMILES string of the molecule is CC(N)CCC(=O)Nc1ccc(CNC(=O)c2ccc(C(F)(F)F)cc2)cc1.Cl. The van der Waals surface area contributed by atoms with E-state index in [9.17, 15) is 22.8 Å². The summed E-state index contributed by atoms with van der Waals surface area (Å²) in [4.78, 5) is 23.8. The summed E-state index contributed by atoms with van der Waals surface area (Å²) in [5.74, 6) is -0.595. The lowest BCUT2D eigenvalue weighted by Gasteiger charge is -2.10. The highest BCUT2D eigenvalue weighted by atomic mass is 35.5. The summed E-state index contributed by atoms with van der Waals surface area (Å²) >= 11 is 0. The Morgan fingerprint density at radius 1 is 1.03 bits per heavy atom. The van der Waals surface area contributed by atoms with E-state index >= 15 is 0 Å². The number of carbonyl (C=O) groups excluding carboxylic acids is 2. The molecule has 1 unspecified atom stereocenters. The average Bonchev–Trinajstić information content (AvgIpc) is 2.65. The normalized spacial score (nSPS) is 11.9. The highest BCUT2D eigenvalue weighted by Gasteiger charge is 2.30. The second-order valence-electron chi connectivity index (χ2n) is 6.52. The van der Waals surface area contributed by atoms with E-state index in [0.717, 1.165) is 29.8 Å². The van der Waals surface area contributed by atoms with Crippen molar-refractivity contribution in [3.05, 3.63) is 65.2 Å². The summed E-state index contributed by atoms with van der Waals surface area (Å²) in [6, 6.07) is 10.9. The van der Waals surface area contributed by atoms with Crippen LogP contribution in [0, 0.1) is 0 Å². The lowest BCUT2D eigenvalue weighted by molar-refractivity contribution is -0.137. The van der Waals surface area contributed by atoms with Crippen molar-refractivity contribution in [1.82, 2.24) is 5.32 Å². The van der Waals surface area contributed by atoms with Crippen LogP contribution >= 0.6 is 12.4 Å². The predicted octanol–water partition coefficient (Wildman–Crippen LogP) is 4.12. The van der Waals surface area contributed by atoms with Gasteiger partial charge in [-0.3, -0.25) is 9.59 Å². The van der Waals surface area contributed by atoms with Crippen LogP contribution in [0.2, 0.25) is 0 Å². The van der Waals surface area contributed by atoms with Gasteiger partial charge >= 0.3 is 6.18 Å². The van der Waals surface area contributed by atoms with Gasteiger partial charge < -0.3 is 16.4 Å². The first kappa shape index (κ1) is 24.5. The smallest absolute Gasteiger partial charge is 0.348 e. The fourth-order valence-corrected chi connectivity index (χ4v) is 2.38. The van der Waals surface area contributed by atoms with Gasteiger partial charge in [0.15, 0.2) is 0 Å². The number of nitrogens with two attached hydrogens (primary N) is 1. The molecule has 0 heterocycles. The molecule has 2 aromatic carbocycles. The van der Waals surface area contributed by atoms with Crippen molar-refractivity contribution in [1.29, 1.82) is 0 Å². The highest BCUT2D eigenvalue weighted by Crippen LogP contribution is 2.29. The molecule has 1 atom stereocenters. The monoisotopic (exact) mass is 429 g/mol. The van der Waals surface area contributed by atoms with E-state index in [1.54, 1.807) is 24.3 Å². The van der Waals surface area contributed by atoms with Crippen LogP contribution < -0.4 is 16.4 Å². The Bertz CT molecular complexity index is 807. The molecule has 0 aromatic heterocycles. The maximum absolute atomic E-state index is 12.5. The van der Waals surface area contributed by atoms with Crippen molar-refractivity contribution in [2.45, 2.75) is 38.5 Å². The molecular formula is C20H23ClF3N3O2. The van der Waals surface area contributed by atoms with Gasteiger partial charge in [-0.15, -0.1) is 12.4 Å². The summed E-state index contributed by atoms with van der Waals surface area (Å²) in [5, 5.41) is 5.40. The van der Waals surface area contributed by atoms with Gasteiger partial charge in [-0.1, -0.05) is 12.1 Å². The van der Waals surface area contributed by atoms with E-state index in [1.807, 2.05) is 6.92 Å². The molecule has 2 amide bonds. The average molecular weight is 430 g/mol. The molecule has 0 aliphatic rings. The Labute approximate surface area is 173 Å². The Hall–Kier alpha value is -2.58. The van der Waals surface area contributed by atoms with Crippen LogP contribution in [0.4, 0.5) is 18.9 Å². The van der Waals surface area contributed by atoms with Crippen molar-refractivity contribution in [2.24, 2.45) is 5.73 Å². The largest absolute Gasteiger partial charge is 0.416 e. The van der Waals surface area contributed by atoms with E-state index in [-0.39, 0.29) is 36.5 Å². The Balaban J connectivity index is 0.00000420. The number of hydrogen-bond donors (Lipinski definition) is 3. The van der Waals surface area contributed by atoms with Gasteiger partial charge in [-0.25, -0.2) is 0 Å². The molecule has 0 saturated heterocycles. The summed E-state index contributed by atoms with van der Waals surface area (Å²) in [6.07, 6.45) is -3.50. The molecule has 0 fully saturated rings. The molecule has 2 rings (SSSR count). The van der Waals surface area contributed by atoms with Crippen molar-refractivity contribution in [3.63, 3.8) is 0 Å². The lowest BCUT2D eigenvalue weighted by Crippen LogP contribution is -2.23. The first-order valence-corrected chi connectivity index (χ1v) is 8.75. The first-order valence-electron chi connectivity index (χ1n) is 8.75. The summed E-state index contributed by atoms with van der Waals surface area (Å²) in [5.41, 5.74) is 6.37.